The molecule has 0 aliphatic heterocycles. The first-order valence-electron chi connectivity index (χ1n) is 7.60. The maximum atomic E-state index is 11.7. The molecular formula is C16H31NO4. The number of amides is 1. The number of ether oxygens (including phenoxy) is 2. The Bertz CT molecular complexity index is 337. The maximum absolute atomic E-state index is 11.7. The van der Waals surface area contributed by atoms with Crippen molar-refractivity contribution in [2.24, 2.45) is 0 Å². The molecule has 0 heterocycles. The second kappa shape index (κ2) is 9.15. The summed E-state index contributed by atoms with van der Waals surface area (Å²) >= 11 is 0. The van der Waals surface area contributed by atoms with Crippen LogP contribution in [0.2, 0.25) is 0 Å². The largest absolute Gasteiger partial charge is 0.375 e. The fourth-order valence-corrected chi connectivity index (χ4v) is 2.02. The third kappa shape index (κ3) is 11.4. The summed E-state index contributed by atoms with van der Waals surface area (Å²) in [5.41, 5.74) is -0.488. The fraction of sp³-hybridized carbons (Fsp3) is 0.875. The van der Waals surface area contributed by atoms with Crippen molar-refractivity contribution in [2.75, 3.05) is 19.8 Å². The van der Waals surface area contributed by atoms with Gasteiger partial charge in [-0.2, -0.15) is 0 Å². The molecule has 0 aromatic carbocycles. The zero-order valence-electron chi connectivity index (χ0n) is 14.4. The quantitative estimate of drug-likeness (QED) is 0.637. The van der Waals surface area contributed by atoms with Crippen LogP contribution in [0.25, 0.3) is 0 Å². The Hall–Kier alpha value is -0.940. The van der Waals surface area contributed by atoms with Gasteiger partial charge >= 0.3 is 0 Å². The van der Waals surface area contributed by atoms with Crippen LogP contribution in [0.1, 0.15) is 60.8 Å². The van der Waals surface area contributed by atoms with Crippen LogP contribution in [0.3, 0.4) is 0 Å². The summed E-state index contributed by atoms with van der Waals surface area (Å²) in [6.07, 6.45) is 2.82. The van der Waals surface area contributed by atoms with Crippen LogP contribution in [-0.4, -0.2) is 42.7 Å². The molecule has 0 radical (unpaired) electrons. The van der Waals surface area contributed by atoms with Gasteiger partial charge in [-0.15, -0.1) is 0 Å². The van der Waals surface area contributed by atoms with Gasteiger partial charge in [-0.1, -0.05) is 13.3 Å². The van der Waals surface area contributed by atoms with Crippen molar-refractivity contribution < 1.29 is 19.1 Å². The third-order valence-corrected chi connectivity index (χ3v) is 3.09. The number of Topliss-reactive ketones (excluding diaryl/α,β-unsaturated/α-hetero) is 1. The second-order valence-electron chi connectivity index (χ2n) is 6.74. The van der Waals surface area contributed by atoms with E-state index in [1.54, 1.807) is 0 Å². The number of carbonyl (C=O) groups is 2. The van der Waals surface area contributed by atoms with Crippen molar-refractivity contribution in [1.82, 2.24) is 5.32 Å². The lowest BCUT2D eigenvalue weighted by Crippen LogP contribution is -2.46. The third-order valence-electron chi connectivity index (χ3n) is 3.09. The summed E-state index contributed by atoms with van der Waals surface area (Å²) in [6, 6.07) is 0. The van der Waals surface area contributed by atoms with Crippen molar-refractivity contribution in [3.05, 3.63) is 0 Å². The Kier molecular flexibility index (Phi) is 8.74. The Labute approximate surface area is 128 Å². The normalized spacial score (nSPS) is 12.3. The smallest absolute Gasteiger partial charge is 0.246 e. The van der Waals surface area contributed by atoms with E-state index in [9.17, 15) is 9.59 Å². The van der Waals surface area contributed by atoms with Crippen LogP contribution in [0.5, 0.6) is 0 Å². The van der Waals surface area contributed by atoms with Crippen LogP contribution in [0, 0.1) is 0 Å². The minimum atomic E-state index is -0.362. The molecule has 5 nitrogen and oxygen atoms in total. The number of nitrogens with one attached hydrogen (secondary N) is 1. The van der Waals surface area contributed by atoms with Crippen LogP contribution in [0.4, 0.5) is 0 Å². The van der Waals surface area contributed by atoms with E-state index in [1.165, 1.54) is 6.92 Å². The fourth-order valence-electron chi connectivity index (χ4n) is 2.02. The van der Waals surface area contributed by atoms with Gasteiger partial charge in [0, 0.05) is 12.1 Å². The first-order valence-corrected chi connectivity index (χ1v) is 7.60. The lowest BCUT2D eigenvalue weighted by molar-refractivity contribution is -0.130. The summed E-state index contributed by atoms with van der Waals surface area (Å²) in [6.45, 7) is 12.1. The van der Waals surface area contributed by atoms with Crippen LogP contribution < -0.4 is 5.32 Å². The predicted octanol–water partition coefficient (Wildman–Crippen LogP) is 2.47. The minimum Gasteiger partial charge on any atom is -0.375 e. The van der Waals surface area contributed by atoms with E-state index in [0.717, 1.165) is 19.3 Å². The lowest BCUT2D eigenvalue weighted by atomic mass is 10.00. The van der Waals surface area contributed by atoms with Crippen LogP contribution in [0.15, 0.2) is 0 Å². The van der Waals surface area contributed by atoms with Crippen molar-refractivity contribution in [3.8, 4) is 0 Å². The van der Waals surface area contributed by atoms with Gasteiger partial charge in [0.25, 0.3) is 0 Å². The van der Waals surface area contributed by atoms with Crippen molar-refractivity contribution in [3.63, 3.8) is 0 Å². The standard InChI is InChI=1S/C16H31NO4/c1-7-8-16(5,6)21-10-9-15(3,4)17-14(19)12-20-11-13(2)18/h7-12H2,1-6H3,(H,17,19). The summed E-state index contributed by atoms with van der Waals surface area (Å²) in [4.78, 5) is 22.4. The van der Waals surface area contributed by atoms with Crippen LogP contribution in [-0.2, 0) is 19.1 Å². The van der Waals surface area contributed by atoms with Crippen molar-refractivity contribution >= 4 is 11.7 Å². The van der Waals surface area contributed by atoms with Crippen LogP contribution >= 0.6 is 0 Å². The zero-order valence-corrected chi connectivity index (χ0v) is 14.4. The maximum Gasteiger partial charge on any atom is 0.246 e. The molecule has 1 amide bonds. The molecule has 21 heavy (non-hydrogen) atoms. The Balaban J connectivity index is 4.02. The highest BCUT2D eigenvalue weighted by molar-refractivity contribution is 5.79. The molecule has 0 aliphatic carbocycles. The Morgan fingerprint density at radius 3 is 2.19 bits per heavy atom. The monoisotopic (exact) mass is 301 g/mol. The van der Waals surface area contributed by atoms with Gasteiger partial charge in [-0.05, 0) is 47.5 Å². The molecule has 5 heteroatoms. The average molecular weight is 301 g/mol. The molecular weight excluding hydrogens is 270 g/mol. The molecule has 0 aromatic rings. The molecule has 0 spiro atoms. The predicted molar refractivity (Wildman–Crippen MR) is 83.3 cm³/mol. The molecule has 0 fully saturated rings. The number of ketones is 1. The molecule has 0 bridgehead atoms. The number of rotatable bonds is 11. The van der Waals surface area contributed by atoms with Crippen molar-refractivity contribution in [1.29, 1.82) is 0 Å². The first-order chi connectivity index (χ1) is 9.58. The Morgan fingerprint density at radius 1 is 1.05 bits per heavy atom. The molecule has 0 aliphatic rings. The van der Waals surface area contributed by atoms with Gasteiger partial charge in [0.2, 0.25) is 5.91 Å². The highest BCUT2D eigenvalue weighted by Gasteiger charge is 2.23. The number of carbonyl (C=O) groups excluding carboxylic acids is 2. The summed E-state index contributed by atoms with van der Waals surface area (Å²) in [5, 5.41) is 2.89. The summed E-state index contributed by atoms with van der Waals surface area (Å²) in [5.74, 6) is -0.303. The molecule has 0 saturated carbocycles. The van der Waals surface area contributed by atoms with E-state index < -0.39 is 0 Å². The van der Waals surface area contributed by atoms with E-state index in [-0.39, 0.29) is 36.0 Å². The number of hydrogen-bond acceptors (Lipinski definition) is 4. The van der Waals surface area contributed by atoms with Gasteiger partial charge in [0.1, 0.15) is 13.2 Å². The van der Waals surface area contributed by atoms with Gasteiger partial charge in [-0.3, -0.25) is 9.59 Å². The van der Waals surface area contributed by atoms with E-state index in [1.807, 2.05) is 13.8 Å². The van der Waals surface area contributed by atoms with E-state index in [2.05, 4.69) is 26.1 Å². The molecule has 0 aromatic heterocycles. The summed E-state index contributed by atoms with van der Waals surface area (Å²) < 4.78 is 10.9. The van der Waals surface area contributed by atoms with Gasteiger partial charge in [-0.25, -0.2) is 0 Å². The highest BCUT2D eigenvalue weighted by Crippen LogP contribution is 2.18. The SMILES string of the molecule is CCCC(C)(C)OCCC(C)(C)NC(=O)COCC(C)=O. The van der Waals surface area contributed by atoms with Gasteiger partial charge < -0.3 is 14.8 Å². The number of hydrogen-bond donors (Lipinski definition) is 1. The minimum absolute atomic E-state index is 0.0256. The summed E-state index contributed by atoms with van der Waals surface area (Å²) in [7, 11) is 0. The Morgan fingerprint density at radius 2 is 1.67 bits per heavy atom. The first kappa shape index (κ1) is 20.1. The topological polar surface area (TPSA) is 64.6 Å². The average Bonchev–Trinajstić information content (AvgIpc) is 2.26. The molecule has 124 valence electrons. The highest BCUT2D eigenvalue weighted by atomic mass is 16.5. The van der Waals surface area contributed by atoms with E-state index >= 15 is 0 Å². The molecule has 0 saturated heterocycles. The molecule has 0 atom stereocenters. The molecule has 1 N–H and O–H groups in total. The van der Waals surface area contributed by atoms with Gasteiger partial charge in [0.05, 0.1) is 5.60 Å². The molecule has 0 unspecified atom stereocenters. The lowest BCUT2D eigenvalue weighted by Gasteiger charge is -2.30. The van der Waals surface area contributed by atoms with Crippen molar-refractivity contribution in [2.45, 2.75) is 71.9 Å². The molecule has 0 rings (SSSR count). The second-order valence-corrected chi connectivity index (χ2v) is 6.74. The van der Waals surface area contributed by atoms with E-state index in [0.29, 0.717) is 6.61 Å². The van der Waals surface area contributed by atoms with Gasteiger partial charge in [0.15, 0.2) is 5.78 Å². The van der Waals surface area contributed by atoms with E-state index in [4.69, 9.17) is 9.47 Å². The zero-order chi connectivity index (χ0) is 16.5.